The molecule has 0 radical (unpaired) electrons. The minimum absolute atomic E-state index is 0.135. The van der Waals surface area contributed by atoms with E-state index in [2.05, 4.69) is 26.3 Å². The van der Waals surface area contributed by atoms with Gasteiger partial charge in [-0.2, -0.15) is 5.10 Å². The fourth-order valence-electron chi connectivity index (χ4n) is 1.75. The molecule has 2 aromatic rings. The Morgan fingerprint density at radius 2 is 2.16 bits per heavy atom. The van der Waals surface area contributed by atoms with Crippen LogP contribution in [0.25, 0.3) is 0 Å². The van der Waals surface area contributed by atoms with Gasteiger partial charge in [-0.15, -0.1) is 0 Å². The van der Waals surface area contributed by atoms with Crippen LogP contribution in [0.3, 0.4) is 0 Å². The first-order valence-electron chi connectivity index (χ1n) is 5.71. The number of halogens is 2. The van der Waals surface area contributed by atoms with Crippen molar-refractivity contribution in [1.82, 2.24) is 9.78 Å². The molecule has 1 amide bonds. The third-order valence-corrected chi connectivity index (χ3v) is 3.83. The normalized spacial score (nSPS) is 10.5. The zero-order valence-corrected chi connectivity index (χ0v) is 12.9. The van der Waals surface area contributed by atoms with Crippen LogP contribution in [0.5, 0.6) is 0 Å². The number of carbonyl (C=O) groups excluding carboxylic acids is 1. The Hall–Kier alpha value is -1.33. The molecule has 1 aromatic heterocycles. The van der Waals surface area contributed by atoms with Crippen LogP contribution in [0.4, 0.5) is 5.69 Å². The maximum atomic E-state index is 11.9. The second-order valence-corrected chi connectivity index (χ2v) is 5.52. The minimum Gasteiger partial charge on any atom is -0.324 e. The molecule has 2 rings (SSSR count). The molecule has 0 spiro atoms. The summed E-state index contributed by atoms with van der Waals surface area (Å²) in [6.07, 6.45) is 0. The van der Waals surface area contributed by atoms with E-state index in [0.29, 0.717) is 10.7 Å². The van der Waals surface area contributed by atoms with Crippen LogP contribution in [-0.2, 0) is 11.3 Å². The van der Waals surface area contributed by atoms with Crippen LogP contribution in [0.15, 0.2) is 28.7 Å². The zero-order chi connectivity index (χ0) is 14.0. The molecular formula is C13H13BrClN3O. The molecule has 0 aliphatic carbocycles. The number of nitrogens with one attached hydrogen (secondary N) is 1. The molecule has 0 atom stereocenters. The predicted molar refractivity (Wildman–Crippen MR) is 79.5 cm³/mol. The quantitative estimate of drug-likeness (QED) is 0.927. The second kappa shape index (κ2) is 5.75. The van der Waals surface area contributed by atoms with Gasteiger partial charge >= 0.3 is 0 Å². The Kier molecular flexibility index (Phi) is 4.27. The number of hydrogen-bond donors (Lipinski definition) is 1. The molecule has 19 heavy (non-hydrogen) atoms. The average Bonchev–Trinajstić information content (AvgIpc) is 2.62. The summed E-state index contributed by atoms with van der Waals surface area (Å²) in [5, 5.41) is 7.59. The molecule has 0 aliphatic heterocycles. The van der Waals surface area contributed by atoms with Crippen molar-refractivity contribution in [2.45, 2.75) is 20.4 Å². The van der Waals surface area contributed by atoms with E-state index in [1.807, 2.05) is 19.9 Å². The van der Waals surface area contributed by atoms with Gasteiger partial charge in [0, 0.05) is 15.9 Å². The van der Waals surface area contributed by atoms with Gasteiger partial charge in [-0.3, -0.25) is 9.48 Å². The highest BCUT2D eigenvalue weighted by Gasteiger charge is 2.08. The Balaban J connectivity index is 2.05. The van der Waals surface area contributed by atoms with Crippen molar-refractivity contribution >= 4 is 39.1 Å². The molecule has 1 N–H and O–H groups in total. The van der Waals surface area contributed by atoms with Crippen molar-refractivity contribution in [3.63, 3.8) is 0 Å². The summed E-state index contributed by atoms with van der Waals surface area (Å²) in [6, 6.07) is 7.21. The molecule has 6 heteroatoms. The number of rotatable bonds is 3. The molecule has 0 saturated carbocycles. The number of hydrogen-bond acceptors (Lipinski definition) is 2. The molecule has 0 aliphatic rings. The lowest BCUT2D eigenvalue weighted by atomic mass is 10.3. The van der Waals surface area contributed by atoms with Crippen LogP contribution >= 0.6 is 27.5 Å². The number of aryl methyl sites for hydroxylation is 2. The van der Waals surface area contributed by atoms with E-state index >= 15 is 0 Å². The van der Waals surface area contributed by atoms with E-state index in [4.69, 9.17) is 11.6 Å². The van der Waals surface area contributed by atoms with E-state index in [0.717, 1.165) is 15.9 Å². The number of anilines is 1. The number of benzene rings is 1. The van der Waals surface area contributed by atoms with Gasteiger partial charge in [0.15, 0.2) is 0 Å². The molecule has 1 aromatic carbocycles. The summed E-state index contributed by atoms with van der Waals surface area (Å²) in [5.74, 6) is -0.135. The maximum absolute atomic E-state index is 11.9. The molecule has 0 bridgehead atoms. The highest BCUT2D eigenvalue weighted by atomic mass is 79.9. The summed E-state index contributed by atoms with van der Waals surface area (Å²) in [6.45, 7) is 4.01. The highest BCUT2D eigenvalue weighted by Crippen LogP contribution is 2.25. The molecule has 4 nitrogen and oxygen atoms in total. The summed E-state index contributed by atoms with van der Waals surface area (Å²) >= 11 is 9.27. The fraction of sp³-hybridized carbons (Fsp3) is 0.231. The van der Waals surface area contributed by atoms with Crippen molar-refractivity contribution in [3.05, 3.63) is 45.1 Å². The van der Waals surface area contributed by atoms with Crippen molar-refractivity contribution < 1.29 is 4.79 Å². The van der Waals surface area contributed by atoms with Gasteiger partial charge in [-0.1, -0.05) is 11.6 Å². The van der Waals surface area contributed by atoms with Crippen molar-refractivity contribution in [2.24, 2.45) is 0 Å². The van der Waals surface area contributed by atoms with Crippen LogP contribution in [0.2, 0.25) is 5.02 Å². The predicted octanol–water partition coefficient (Wildman–Crippen LogP) is 3.55. The average molecular weight is 343 g/mol. The number of aromatic nitrogens is 2. The van der Waals surface area contributed by atoms with Gasteiger partial charge in [0.05, 0.1) is 10.7 Å². The monoisotopic (exact) mass is 341 g/mol. The topological polar surface area (TPSA) is 46.9 Å². The first kappa shape index (κ1) is 14.1. The van der Waals surface area contributed by atoms with Crippen LogP contribution in [-0.4, -0.2) is 15.7 Å². The third kappa shape index (κ3) is 3.58. The first-order valence-corrected chi connectivity index (χ1v) is 6.89. The summed E-state index contributed by atoms with van der Waals surface area (Å²) in [7, 11) is 0. The lowest BCUT2D eigenvalue weighted by Crippen LogP contribution is -2.20. The lowest BCUT2D eigenvalue weighted by molar-refractivity contribution is -0.116. The van der Waals surface area contributed by atoms with Gasteiger partial charge in [0.25, 0.3) is 0 Å². The van der Waals surface area contributed by atoms with Gasteiger partial charge in [0.2, 0.25) is 5.91 Å². The van der Waals surface area contributed by atoms with Crippen molar-refractivity contribution in [1.29, 1.82) is 0 Å². The van der Waals surface area contributed by atoms with E-state index in [1.165, 1.54) is 0 Å². The van der Waals surface area contributed by atoms with E-state index in [-0.39, 0.29) is 12.5 Å². The lowest BCUT2D eigenvalue weighted by Gasteiger charge is -2.07. The Bertz CT molecular complexity index is 624. The van der Waals surface area contributed by atoms with E-state index < -0.39 is 0 Å². The molecule has 0 saturated heterocycles. The largest absolute Gasteiger partial charge is 0.324 e. The molecule has 0 fully saturated rings. The van der Waals surface area contributed by atoms with Gasteiger partial charge < -0.3 is 5.32 Å². The SMILES string of the molecule is Cc1cc(C)n(CC(=O)Nc2ccc(Br)c(Cl)c2)n1. The maximum Gasteiger partial charge on any atom is 0.246 e. The standard InChI is InChI=1S/C13H13BrClN3O/c1-8-5-9(2)18(17-8)7-13(19)16-10-3-4-11(14)12(15)6-10/h3-6H,7H2,1-2H3,(H,16,19). The van der Waals surface area contributed by atoms with E-state index in [1.54, 1.807) is 22.9 Å². The molecule has 100 valence electrons. The Morgan fingerprint density at radius 3 is 2.74 bits per heavy atom. The van der Waals surface area contributed by atoms with Gasteiger partial charge in [0.1, 0.15) is 6.54 Å². The summed E-state index contributed by atoms with van der Waals surface area (Å²) < 4.78 is 2.47. The number of nitrogens with zero attached hydrogens (tertiary/aromatic N) is 2. The zero-order valence-electron chi connectivity index (χ0n) is 10.6. The summed E-state index contributed by atoms with van der Waals surface area (Å²) in [5.41, 5.74) is 2.53. The summed E-state index contributed by atoms with van der Waals surface area (Å²) in [4.78, 5) is 11.9. The Morgan fingerprint density at radius 1 is 1.42 bits per heavy atom. The van der Waals surface area contributed by atoms with Crippen LogP contribution in [0, 0.1) is 13.8 Å². The Labute approximate surface area is 124 Å². The minimum atomic E-state index is -0.135. The second-order valence-electron chi connectivity index (χ2n) is 4.26. The van der Waals surface area contributed by atoms with Gasteiger partial charge in [-0.25, -0.2) is 0 Å². The number of carbonyl (C=O) groups is 1. The van der Waals surface area contributed by atoms with Crippen LogP contribution < -0.4 is 5.32 Å². The van der Waals surface area contributed by atoms with Crippen molar-refractivity contribution in [3.8, 4) is 0 Å². The first-order chi connectivity index (χ1) is 8.95. The highest BCUT2D eigenvalue weighted by molar-refractivity contribution is 9.10. The molecule has 1 heterocycles. The third-order valence-electron chi connectivity index (χ3n) is 2.60. The molecule has 0 unspecified atom stereocenters. The smallest absolute Gasteiger partial charge is 0.246 e. The molecular weight excluding hydrogens is 330 g/mol. The van der Waals surface area contributed by atoms with Crippen LogP contribution in [0.1, 0.15) is 11.4 Å². The number of amides is 1. The fourth-order valence-corrected chi connectivity index (χ4v) is 2.17. The van der Waals surface area contributed by atoms with E-state index in [9.17, 15) is 4.79 Å². The van der Waals surface area contributed by atoms with Crippen molar-refractivity contribution in [2.75, 3.05) is 5.32 Å². The van der Waals surface area contributed by atoms with Gasteiger partial charge in [-0.05, 0) is 54.0 Å².